The normalized spacial score (nSPS) is 9.74. The average molecular weight is 270 g/mol. The van der Waals surface area contributed by atoms with E-state index < -0.39 is 11.0 Å². The van der Waals surface area contributed by atoms with Crippen molar-refractivity contribution in [2.24, 2.45) is 0 Å². The number of amides is 1. The summed E-state index contributed by atoms with van der Waals surface area (Å²) in [5, 5.41) is 24.1. The summed E-state index contributed by atoms with van der Waals surface area (Å²) in [4.78, 5) is 24.4. The Balaban J connectivity index is 2.59. The third-order valence-corrected chi connectivity index (χ3v) is 2.18. The summed E-state index contributed by atoms with van der Waals surface area (Å²) < 4.78 is 4.88. The molecule has 1 rings (SSSR count). The summed E-state index contributed by atoms with van der Waals surface area (Å²) in [5.74, 6) is 0.358. The molecule has 0 aliphatic rings. The minimum absolute atomic E-state index is 0.0969. The Hall–Kier alpha value is -2.58. The molecule has 1 aromatic rings. The minimum Gasteiger partial charge on any atom is -0.481 e. The molecule has 104 valence electrons. The maximum absolute atomic E-state index is 10.8. The fourth-order valence-corrected chi connectivity index (χ4v) is 1.32. The van der Waals surface area contributed by atoms with Crippen molar-refractivity contribution in [3.05, 3.63) is 22.2 Å². The van der Waals surface area contributed by atoms with Gasteiger partial charge >= 0.3 is 11.8 Å². The van der Waals surface area contributed by atoms with Crippen LogP contribution in [0.2, 0.25) is 0 Å². The zero-order valence-corrected chi connectivity index (χ0v) is 10.3. The van der Waals surface area contributed by atoms with E-state index in [9.17, 15) is 14.9 Å². The molecule has 1 heterocycles. The van der Waals surface area contributed by atoms with Gasteiger partial charge in [0.15, 0.2) is 0 Å². The van der Waals surface area contributed by atoms with Crippen molar-refractivity contribution in [1.82, 2.24) is 10.3 Å². The van der Waals surface area contributed by atoms with Gasteiger partial charge in [-0.05, 0) is 6.42 Å². The van der Waals surface area contributed by atoms with E-state index in [4.69, 9.17) is 9.84 Å². The van der Waals surface area contributed by atoms with Crippen LogP contribution in [0.15, 0.2) is 12.1 Å². The van der Waals surface area contributed by atoms with Crippen molar-refractivity contribution in [2.45, 2.75) is 6.42 Å². The number of hydrogen-bond acceptors (Lipinski definition) is 6. The van der Waals surface area contributed by atoms with Crippen LogP contribution in [-0.2, 0) is 0 Å². The molecular formula is C10H14N4O5. The molecule has 0 atom stereocenters. The highest BCUT2D eigenvalue weighted by atomic mass is 16.6. The SMILES string of the molecule is COc1ccc([N+](=O)[O-])c(NCCCNC(=O)O)n1. The van der Waals surface area contributed by atoms with E-state index in [1.165, 1.54) is 19.2 Å². The molecule has 0 bridgehead atoms. The zero-order chi connectivity index (χ0) is 14.3. The lowest BCUT2D eigenvalue weighted by atomic mass is 10.3. The minimum atomic E-state index is -1.11. The summed E-state index contributed by atoms with van der Waals surface area (Å²) in [5.41, 5.74) is -0.160. The number of anilines is 1. The van der Waals surface area contributed by atoms with Gasteiger partial charge in [-0.3, -0.25) is 10.1 Å². The first-order valence-corrected chi connectivity index (χ1v) is 5.44. The molecule has 0 aromatic carbocycles. The van der Waals surface area contributed by atoms with Crippen LogP contribution in [0.1, 0.15) is 6.42 Å². The van der Waals surface area contributed by atoms with Crippen LogP contribution in [0.3, 0.4) is 0 Å². The molecule has 0 saturated carbocycles. The second-order valence-corrected chi connectivity index (χ2v) is 3.49. The lowest BCUT2D eigenvalue weighted by Gasteiger charge is -2.07. The Kier molecular flexibility index (Phi) is 5.33. The van der Waals surface area contributed by atoms with Crippen LogP contribution in [0.25, 0.3) is 0 Å². The van der Waals surface area contributed by atoms with Gasteiger partial charge < -0.3 is 20.5 Å². The number of aromatic nitrogens is 1. The molecule has 19 heavy (non-hydrogen) atoms. The topological polar surface area (TPSA) is 127 Å². The summed E-state index contributed by atoms with van der Waals surface area (Å²) in [6.45, 7) is 0.599. The standard InChI is InChI=1S/C10H14N4O5/c1-19-8-4-3-7(14(17)18)9(13-8)11-5-2-6-12-10(15)16/h3-4,12H,2,5-6H2,1H3,(H,11,13)(H,15,16). The maximum Gasteiger partial charge on any atom is 0.404 e. The third-order valence-electron chi connectivity index (χ3n) is 2.18. The highest BCUT2D eigenvalue weighted by Crippen LogP contribution is 2.24. The number of nitrogens with one attached hydrogen (secondary N) is 2. The lowest BCUT2D eigenvalue weighted by molar-refractivity contribution is -0.384. The second-order valence-electron chi connectivity index (χ2n) is 3.49. The molecule has 0 aliphatic heterocycles. The summed E-state index contributed by atoms with van der Waals surface area (Å²) in [7, 11) is 1.41. The number of methoxy groups -OCH3 is 1. The molecule has 3 N–H and O–H groups in total. The summed E-state index contributed by atoms with van der Waals surface area (Å²) in [6.07, 6.45) is -0.631. The molecule has 0 saturated heterocycles. The maximum atomic E-state index is 10.8. The highest BCUT2D eigenvalue weighted by Gasteiger charge is 2.15. The number of rotatable bonds is 7. The number of pyridine rings is 1. The van der Waals surface area contributed by atoms with Crippen molar-refractivity contribution in [2.75, 3.05) is 25.5 Å². The predicted octanol–water partition coefficient (Wildman–Crippen LogP) is 1.07. The Bertz CT molecular complexity index is 465. The first kappa shape index (κ1) is 14.5. The Morgan fingerprint density at radius 3 is 2.84 bits per heavy atom. The monoisotopic (exact) mass is 270 g/mol. The van der Waals surface area contributed by atoms with E-state index in [0.29, 0.717) is 13.0 Å². The number of nitro groups is 1. The van der Waals surface area contributed by atoms with Crippen LogP contribution in [0.5, 0.6) is 5.88 Å². The first-order chi connectivity index (χ1) is 9.04. The van der Waals surface area contributed by atoms with Crippen LogP contribution >= 0.6 is 0 Å². The van der Waals surface area contributed by atoms with E-state index in [1.807, 2.05) is 0 Å². The fourth-order valence-electron chi connectivity index (χ4n) is 1.32. The Morgan fingerprint density at radius 2 is 2.26 bits per heavy atom. The molecule has 0 fully saturated rings. The zero-order valence-electron chi connectivity index (χ0n) is 10.3. The lowest BCUT2D eigenvalue weighted by Crippen LogP contribution is -2.23. The van der Waals surface area contributed by atoms with Crippen molar-refractivity contribution in [3.63, 3.8) is 0 Å². The van der Waals surface area contributed by atoms with Gasteiger partial charge in [-0.2, -0.15) is 4.98 Å². The fraction of sp³-hybridized carbons (Fsp3) is 0.400. The van der Waals surface area contributed by atoms with Gasteiger partial charge in [-0.25, -0.2) is 4.79 Å². The third kappa shape index (κ3) is 4.66. The smallest absolute Gasteiger partial charge is 0.404 e. The predicted molar refractivity (Wildman–Crippen MR) is 66.6 cm³/mol. The van der Waals surface area contributed by atoms with Gasteiger partial charge in [-0.15, -0.1) is 0 Å². The number of ether oxygens (including phenoxy) is 1. The van der Waals surface area contributed by atoms with Crippen molar-refractivity contribution >= 4 is 17.6 Å². The number of hydrogen-bond donors (Lipinski definition) is 3. The van der Waals surface area contributed by atoms with Crippen LogP contribution in [0.4, 0.5) is 16.3 Å². The van der Waals surface area contributed by atoms with Gasteiger partial charge in [-0.1, -0.05) is 0 Å². The van der Waals surface area contributed by atoms with Gasteiger partial charge in [0.1, 0.15) is 0 Å². The van der Waals surface area contributed by atoms with E-state index in [-0.39, 0.29) is 23.9 Å². The molecule has 0 aliphatic carbocycles. The molecule has 0 radical (unpaired) electrons. The van der Waals surface area contributed by atoms with Crippen molar-refractivity contribution in [3.8, 4) is 5.88 Å². The van der Waals surface area contributed by atoms with Gasteiger partial charge in [0.05, 0.1) is 12.0 Å². The molecule has 0 unspecified atom stereocenters. The molecular weight excluding hydrogens is 256 g/mol. The molecule has 9 heteroatoms. The summed E-state index contributed by atoms with van der Waals surface area (Å²) in [6, 6.07) is 2.69. The van der Waals surface area contributed by atoms with Crippen molar-refractivity contribution in [1.29, 1.82) is 0 Å². The van der Waals surface area contributed by atoms with Gasteiger partial charge in [0.25, 0.3) is 0 Å². The number of nitrogens with zero attached hydrogens (tertiary/aromatic N) is 2. The Labute approximate surface area is 108 Å². The molecule has 0 spiro atoms. The molecule has 1 amide bonds. The quantitative estimate of drug-likeness (QED) is 0.384. The summed E-state index contributed by atoms with van der Waals surface area (Å²) >= 11 is 0. The first-order valence-electron chi connectivity index (χ1n) is 5.44. The van der Waals surface area contributed by atoms with Crippen LogP contribution in [0, 0.1) is 10.1 Å². The largest absolute Gasteiger partial charge is 0.481 e. The van der Waals surface area contributed by atoms with E-state index in [0.717, 1.165) is 0 Å². The van der Waals surface area contributed by atoms with Crippen molar-refractivity contribution < 1.29 is 19.6 Å². The average Bonchev–Trinajstić information content (AvgIpc) is 2.37. The van der Waals surface area contributed by atoms with E-state index >= 15 is 0 Å². The van der Waals surface area contributed by atoms with E-state index in [2.05, 4.69) is 15.6 Å². The highest BCUT2D eigenvalue weighted by molar-refractivity contribution is 5.64. The Morgan fingerprint density at radius 1 is 1.53 bits per heavy atom. The van der Waals surface area contributed by atoms with E-state index in [1.54, 1.807) is 0 Å². The number of carbonyl (C=O) groups is 1. The molecule has 9 nitrogen and oxygen atoms in total. The van der Waals surface area contributed by atoms with Gasteiger partial charge in [0.2, 0.25) is 11.7 Å². The van der Waals surface area contributed by atoms with Crippen LogP contribution in [-0.4, -0.2) is 41.3 Å². The second kappa shape index (κ2) is 6.99. The van der Waals surface area contributed by atoms with Gasteiger partial charge in [0, 0.05) is 25.2 Å². The van der Waals surface area contributed by atoms with Crippen LogP contribution < -0.4 is 15.4 Å². The molecule has 1 aromatic heterocycles. The number of carboxylic acid groups (broad SMARTS) is 1.